The number of rotatable bonds is 3. The van der Waals surface area contributed by atoms with Crippen molar-refractivity contribution < 1.29 is 4.79 Å². The van der Waals surface area contributed by atoms with Gasteiger partial charge < -0.3 is 4.90 Å². The molecule has 3 atom stereocenters. The highest BCUT2D eigenvalue weighted by Gasteiger charge is 2.41. The highest BCUT2D eigenvalue weighted by atomic mass is 32.1. The van der Waals surface area contributed by atoms with Gasteiger partial charge in [-0.3, -0.25) is 4.79 Å². The van der Waals surface area contributed by atoms with Gasteiger partial charge in [-0.05, 0) is 31.4 Å². The smallest absolute Gasteiger partial charge is 0.226 e. The third-order valence-corrected chi connectivity index (χ3v) is 5.23. The van der Waals surface area contributed by atoms with Crippen molar-refractivity contribution in [2.45, 2.75) is 26.3 Å². The lowest BCUT2D eigenvalue weighted by molar-refractivity contribution is -0.133. The summed E-state index contributed by atoms with van der Waals surface area (Å²) in [5.41, 5.74) is 1.02. The average molecular weight is 274 g/mol. The van der Waals surface area contributed by atoms with E-state index in [4.69, 9.17) is 0 Å². The van der Waals surface area contributed by atoms with E-state index in [1.54, 1.807) is 11.3 Å². The number of amides is 1. The van der Waals surface area contributed by atoms with Crippen LogP contribution in [0.25, 0.3) is 10.2 Å². The number of carbonyl (C=O) groups is 1. The van der Waals surface area contributed by atoms with Crippen LogP contribution in [0.1, 0.15) is 31.3 Å². The van der Waals surface area contributed by atoms with Crippen molar-refractivity contribution in [3.05, 3.63) is 29.3 Å². The Bertz CT molecular complexity index is 588. The zero-order valence-corrected chi connectivity index (χ0v) is 12.3. The zero-order chi connectivity index (χ0) is 13.6. The predicted octanol–water partition coefficient (Wildman–Crippen LogP) is 3.47. The summed E-state index contributed by atoms with van der Waals surface area (Å²) in [5, 5.41) is 1.02. The SMILES string of the molecule is C[C@@H]1C[C@H]1C(=O)N(C)[C@@H](C)c1nc2ccccc2s1. The maximum absolute atomic E-state index is 12.2. The minimum absolute atomic E-state index is 0.0534. The summed E-state index contributed by atoms with van der Waals surface area (Å²) in [5.74, 6) is 1.05. The number of para-hydroxylation sites is 1. The van der Waals surface area contributed by atoms with Crippen molar-refractivity contribution in [2.75, 3.05) is 7.05 Å². The van der Waals surface area contributed by atoms with E-state index in [0.29, 0.717) is 5.92 Å². The van der Waals surface area contributed by atoms with Crippen LogP contribution in [0.3, 0.4) is 0 Å². The van der Waals surface area contributed by atoms with Gasteiger partial charge in [0, 0.05) is 13.0 Å². The molecule has 3 nitrogen and oxygen atoms in total. The molecule has 0 bridgehead atoms. The molecule has 100 valence electrons. The normalized spacial score (nSPS) is 23.3. The highest BCUT2D eigenvalue weighted by Crippen LogP contribution is 2.40. The van der Waals surface area contributed by atoms with E-state index in [1.165, 1.54) is 4.70 Å². The second-order valence-corrected chi connectivity index (χ2v) is 6.53. The Hall–Kier alpha value is -1.42. The maximum atomic E-state index is 12.2. The molecule has 0 radical (unpaired) electrons. The van der Waals surface area contributed by atoms with Crippen molar-refractivity contribution in [3.63, 3.8) is 0 Å². The van der Waals surface area contributed by atoms with E-state index in [0.717, 1.165) is 16.9 Å². The predicted molar refractivity (Wildman–Crippen MR) is 78.1 cm³/mol. The molecule has 3 rings (SSSR count). The van der Waals surface area contributed by atoms with Crippen LogP contribution < -0.4 is 0 Å². The quantitative estimate of drug-likeness (QED) is 0.858. The summed E-state index contributed by atoms with van der Waals surface area (Å²) in [6.45, 7) is 4.20. The fourth-order valence-corrected chi connectivity index (χ4v) is 3.42. The Morgan fingerprint density at radius 3 is 2.79 bits per heavy atom. The van der Waals surface area contributed by atoms with Crippen molar-refractivity contribution in [2.24, 2.45) is 11.8 Å². The van der Waals surface area contributed by atoms with Gasteiger partial charge >= 0.3 is 0 Å². The molecule has 1 aliphatic carbocycles. The molecule has 19 heavy (non-hydrogen) atoms. The van der Waals surface area contributed by atoms with E-state index in [2.05, 4.69) is 24.9 Å². The molecule has 1 aromatic heterocycles. The van der Waals surface area contributed by atoms with Crippen molar-refractivity contribution in [3.8, 4) is 0 Å². The number of thiazole rings is 1. The van der Waals surface area contributed by atoms with Crippen LogP contribution in [0, 0.1) is 11.8 Å². The molecule has 1 aromatic carbocycles. The summed E-state index contributed by atoms with van der Waals surface area (Å²) >= 11 is 1.68. The first kappa shape index (κ1) is 12.6. The Morgan fingerprint density at radius 1 is 1.47 bits per heavy atom. The van der Waals surface area contributed by atoms with Crippen LogP contribution in [0.15, 0.2) is 24.3 Å². The number of carbonyl (C=O) groups excluding carboxylic acids is 1. The maximum Gasteiger partial charge on any atom is 0.226 e. The topological polar surface area (TPSA) is 33.2 Å². The van der Waals surface area contributed by atoms with Gasteiger partial charge in [-0.25, -0.2) is 4.98 Å². The average Bonchev–Trinajstić information content (AvgIpc) is 2.99. The fraction of sp³-hybridized carbons (Fsp3) is 0.467. The number of nitrogens with zero attached hydrogens (tertiary/aromatic N) is 2. The van der Waals surface area contributed by atoms with Crippen molar-refractivity contribution in [1.82, 2.24) is 9.88 Å². The standard InChI is InChI=1S/C15H18N2OS/c1-9-8-11(9)15(18)17(3)10(2)14-16-12-6-4-5-7-13(12)19-14/h4-7,9-11H,8H2,1-3H3/t9-,10+,11-/m1/s1. The number of aromatic nitrogens is 1. The van der Waals surface area contributed by atoms with Gasteiger partial charge in [0.1, 0.15) is 5.01 Å². The largest absolute Gasteiger partial charge is 0.336 e. The Morgan fingerprint density at radius 2 is 2.16 bits per heavy atom. The monoisotopic (exact) mass is 274 g/mol. The van der Waals surface area contributed by atoms with Gasteiger partial charge in [0.25, 0.3) is 0 Å². The highest BCUT2D eigenvalue weighted by molar-refractivity contribution is 7.18. The third kappa shape index (κ3) is 2.25. The summed E-state index contributed by atoms with van der Waals surface area (Å²) in [7, 11) is 1.89. The van der Waals surface area contributed by atoms with Crippen LogP contribution in [-0.2, 0) is 4.79 Å². The molecule has 2 aromatic rings. The van der Waals surface area contributed by atoms with Gasteiger partial charge in [0.05, 0.1) is 16.3 Å². The van der Waals surface area contributed by atoms with Gasteiger partial charge in [-0.1, -0.05) is 19.1 Å². The van der Waals surface area contributed by atoms with Crippen LogP contribution >= 0.6 is 11.3 Å². The first-order valence-corrected chi connectivity index (χ1v) is 7.51. The summed E-state index contributed by atoms with van der Waals surface area (Å²) in [6, 6.07) is 8.17. The summed E-state index contributed by atoms with van der Waals surface area (Å²) in [4.78, 5) is 18.7. The lowest BCUT2D eigenvalue weighted by Crippen LogP contribution is -2.31. The molecule has 0 aliphatic heterocycles. The first-order valence-electron chi connectivity index (χ1n) is 6.70. The van der Waals surface area contributed by atoms with Gasteiger partial charge in [0.2, 0.25) is 5.91 Å². The van der Waals surface area contributed by atoms with E-state index >= 15 is 0 Å². The molecule has 1 amide bonds. The molecule has 0 unspecified atom stereocenters. The Kier molecular flexibility index (Phi) is 3.05. The van der Waals surface area contributed by atoms with E-state index in [-0.39, 0.29) is 17.9 Å². The summed E-state index contributed by atoms with van der Waals surface area (Å²) < 4.78 is 1.19. The Labute approximate surface area is 117 Å². The van der Waals surface area contributed by atoms with Crippen LogP contribution in [0.2, 0.25) is 0 Å². The van der Waals surface area contributed by atoms with Crippen LogP contribution in [-0.4, -0.2) is 22.8 Å². The van der Waals surface area contributed by atoms with Gasteiger partial charge in [0.15, 0.2) is 0 Å². The Balaban J connectivity index is 1.82. The molecular weight excluding hydrogens is 256 g/mol. The van der Waals surface area contributed by atoms with E-state index < -0.39 is 0 Å². The molecule has 0 N–H and O–H groups in total. The second-order valence-electron chi connectivity index (χ2n) is 5.46. The molecule has 0 spiro atoms. The molecule has 1 saturated carbocycles. The molecule has 1 fully saturated rings. The molecule has 1 heterocycles. The fourth-order valence-electron chi connectivity index (χ4n) is 2.35. The summed E-state index contributed by atoms with van der Waals surface area (Å²) in [6.07, 6.45) is 1.04. The van der Waals surface area contributed by atoms with Crippen LogP contribution in [0.4, 0.5) is 0 Å². The first-order chi connectivity index (χ1) is 9.08. The van der Waals surface area contributed by atoms with Gasteiger partial charge in [-0.2, -0.15) is 0 Å². The van der Waals surface area contributed by atoms with Crippen molar-refractivity contribution >= 4 is 27.5 Å². The second kappa shape index (κ2) is 4.60. The third-order valence-electron chi connectivity index (χ3n) is 4.02. The minimum Gasteiger partial charge on any atom is -0.336 e. The molecule has 1 aliphatic rings. The van der Waals surface area contributed by atoms with Gasteiger partial charge in [-0.15, -0.1) is 11.3 Å². The van der Waals surface area contributed by atoms with E-state index in [1.807, 2.05) is 30.1 Å². The lowest BCUT2D eigenvalue weighted by Gasteiger charge is -2.23. The number of hydrogen-bond donors (Lipinski definition) is 0. The van der Waals surface area contributed by atoms with E-state index in [9.17, 15) is 4.79 Å². The van der Waals surface area contributed by atoms with Crippen molar-refractivity contribution in [1.29, 1.82) is 0 Å². The minimum atomic E-state index is 0.0534. The molecule has 0 saturated heterocycles. The number of benzene rings is 1. The molecule has 4 heteroatoms. The van der Waals surface area contributed by atoms with Crippen LogP contribution in [0.5, 0.6) is 0 Å². The number of fused-ring (bicyclic) bond motifs is 1. The lowest BCUT2D eigenvalue weighted by atomic mass is 10.2. The zero-order valence-electron chi connectivity index (χ0n) is 11.5. The number of hydrogen-bond acceptors (Lipinski definition) is 3. The molecular formula is C15H18N2OS.